The van der Waals surface area contributed by atoms with Gasteiger partial charge in [-0.25, -0.2) is 4.98 Å². The number of aromatic nitrogens is 1. The molecule has 0 amide bonds. The molecule has 1 aromatic carbocycles. The van der Waals surface area contributed by atoms with Gasteiger partial charge in [-0.15, -0.1) is 11.3 Å². The second-order valence-electron chi connectivity index (χ2n) is 5.59. The maximum absolute atomic E-state index is 9.45. The second-order valence-corrected chi connectivity index (χ2v) is 7.20. The van der Waals surface area contributed by atoms with Gasteiger partial charge in [-0.1, -0.05) is 44.5 Å². The molecule has 4 heteroatoms. The lowest BCUT2D eigenvalue weighted by Crippen LogP contribution is -2.14. The summed E-state index contributed by atoms with van der Waals surface area (Å²) in [5.41, 5.74) is 2.10. The molecule has 102 valence electrons. The lowest BCUT2D eigenvalue weighted by molar-refractivity contribution is 0.282. The van der Waals surface area contributed by atoms with Crippen molar-refractivity contribution in [3.05, 3.63) is 50.4 Å². The van der Waals surface area contributed by atoms with Gasteiger partial charge in [0.2, 0.25) is 0 Å². The van der Waals surface area contributed by atoms with Crippen LogP contribution in [0, 0.1) is 0 Å². The molecule has 1 aromatic heterocycles. The molecule has 0 radical (unpaired) electrons. The third kappa shape index (κ3) is 3.56. The fourth-order valence-electron chi connectivity index (χ4n) is 1.99. The number of nitrogens with zero attached hydrogens (tertiary/aromatic N) is 1. The molecule has 0 spiro atoms. The quantitative estimate of drug-likeness (QED) is 0.921. The normalized spacial score (nSPS) is 11.8. The second kappa shape index (κ2) is 5.61. The van der Waals surface area contributed by atoms with Crippen LogP contribution in [0.25, 0.3) is 0 Å². The van der Waals surface area contributed by atoms with Crippen molar-refractivity contribution < 1.29 is 5.11 Å². The molecule has 2 nitrogen and oxygen atoms in total. The van der Waals surface area contributed by atoms with Gasteiger partial charge >= 0.3 is 0 Å². The van der Waals surface area contributed by atoms with Gasteiger partial charge in [0.05, 0.1) is 22.2 Å². The molecule has 0 atom stereocenters. The predicted molar refractivity (Wildman–Crippen MR) is 81.0 cm³/mol. The summed E-state index contributed by atoms with van der Waals surface area (Å²) in [6.07, 6.45) is 0.758. The summed E-state index contributed by atoms with van der Waals surface area (Å²) in [6, 6.07) is 7.82. The zero-order valence-electron chi connectivity index (χ0n) is 11.4. The standard InChI is InChI=1S/C15H18ClNOS/c1-15(2,3)14-12(9-18)19-13(17-14)8-10-5-4-6-11(16)7-10/h4-7,18H,8-9H2,1-3H3. The molecular formula is C15H18ClNOS. The molecular weight excluding hydrogens is 278 g/mol. The first-order valence-corrected chi connectivity index (χ1v) is 7.44. The van der Waals surface area contributed by atoms with Gasteiger partial charge in [0, 0.05) is 16.9 Å². The maximum atomic E-state index is 9.45. The summed E-state index contributed by atoms with van der Waals surface area (Å²) >= 11 is 7.57. The van der Waals surface area contributed by atoms with Crippen LogP contribution in [0.1, 0.15) is 41.9 Å². The van der Waals surface area contributed by atoms with E-state index in [1.807, 2.05) is 24.3 Å². The van der Waals surface area contributed by atoms with E-state index >= 15 is 0 Å². The summed E-state index contributed by atoms with van der Waals surface area (Å²) in [5, 5.41) is 11.2. The highest BCUT2D eigenvalue weighted by Gasteiger charge is 2.22. The molecule has 0 bridgehead atoms. The van der Waals surface area contributed by atoms with Crippen molar-refractivity contribution in [2.75, 3.05) is 0 Å². The van der Waals surface area contributed by atoms with Gasteiger partial charge in [0.1, 0.15) is 0 Å². The first kappa shape index (κ1) is 14.5. The third-order valence-corrected chi connectivity index (χ3v) is 4.12. The van der Waals surface area contributed by atoms with E-state index in [1.54, 1.807) is 11.3 Å². The van der Waals surface area contributed by atoms with Crippen LogP contribution in [0.2, 0.25) is 5.02 Å². The number of rotatable bonds is 3. The summed E-state index contributed by atoms with van der Waals surface area (Å²) < 4.78 is 0. The summed E-state index contributed by atoms with van der Waals surface area (Å²) in [4.78, 5) is 5.66. The fraction of sp³-hybridized carbons (Fsp3) is 0.400. The van der Waals surface area contributed by atoms with Crippen molar-refractivity contribution in [2.45, 2.75) is 39.2 Å². The zero-order chi connectivity index (χ0) is 14.0. The van der Waals surface area contributed by atoms with E-state index in [4.69, 9.17) is 16.6 Å². The van der Waals surface area contributed by atoms with E-state index in [0.29, 0.717) is 0 Å². The average Bonchev–Trinajstić information content (AvgIpc) is 2.72. The summed E-state index contributed by atoms with van der Waals surface area (Å²) in [7, 11) is 0. The van der Waals surface area contributed by atoms with E-state index in [-0.39, 0.29) is 12.0 Å². The Kier molecular flexibility index (Phi) is 4.29. The number of benzene rings is 1. The van der Waals surface area contributed by atoms with Gasteiger partial charge in [0.15, 0.2) is 0 Å². The van der Waals surface area contributed by atoms with Crippen molar-refractivity contribution in [3.63, 3.8) is 0 Å². The molecule has 19 heavy (non-hydrogen) atoms. The maximum Gasteiger partial charge on any atom is 0.0976 e. The van der Waals surface area contributed by atoms with Gasteiger partial charge in [-0.05, 0) is 17.7 Å². The number of hydrogen-bond donors (Lipinski definition) is 1. The van der Waals surface area contributed by atoms with Gasteiger partial charge < -0.3 is 5.11 Å². The van der Waals surface area contributed by atoms with Gasteiger partial charge in [-0.3, -0.25) is 0 Å². The predicted octanol–water partition coefficient (Wildman–Crippen LogP) is 4.18. The highest BCUT2D eigenvalue weighted by molar-refractivity contribution is 7.11. The van der Waals surface area contributed by atoms with Crippen LogP contribution in [-0.2, 0) is 18.4 Å². The summed E-state index contributed by atoms with van der Waals surface area (Å²) in [5.74, 6) is 0. The minimum Gasteiger partial charge on any atom is -0.391 e. The monoisotopic (exact) mass is 295 g/mol. The van der Waals surface area contributed by atoms with E-state index in [0.717, 1.165) is 32.6 Å². The SMILES string of the molecule is CC(C)(C)c1nc(Cc2cccc(Cl)c2)sc1CO. The van der Waals surface area contributed by atoms with Crippen LogP contribution in [0.3, 0.4) is 0 Å². The lowest BCUT2D eigenvalue weighted by Gasteiger charge is -2.16. The zero-order valence-corrected chi connectivity index (χ0v) is 13.0. The van der Waals surface area contributed by atoms with E-state index in [1.165, 1.54) is 0 Å². The number of aliphatic hydroxyl groups is 1. The van der Waals surface area contributed by atoms with Crippen LogP contribution in [0.4, 0.5) is 0 Å². The molecule has 2 rings (SSSR count). The molecule has 0 unspecified atom stereocenters. The van der Waals surface area contributed by atoms with Crippen LogP contribution in [0.5, 0.6) is 0 Å². The molecule has 0 aliphatic rings. The third-order valence-electron chi connectivity index (χ3n) is 2.84. The van der Waals surface area contributed by atoms with Crippen molar-refractivity contribution in [3.8, 4) is 0 Å². The van der Waals surface area contributed by atoms with E-state index in [9.17, 15) is 5.11 Å². The Balaban J connectivity index is 2.29. The van der Waals surface area contributed by atoms with Crippen molar-refractivity contribution in [2.24, 2.45) is 0 Å². The molecule has 0 saturated carbocycles. The molecule has 0 aliphatic heterocycles. The Morgan fingerprint density at radius 3 is 2.58 bits per heavy atom. The molecule has 1 N–H and O–H groups in total. The first-order valence-electron chi connectivity index (χ1n) is 6.24. The average molecular weight is 296 g/mol. The van der Waals surface area contributed by atoms with Gasteiger partial charge in [0.25, 0.3) is 0 Å². The smallest absolute Gasteiger partial charge is 0.0976 e. The largest absolute Gasteiger partial charge is 0.391 e. The summed E-state index contributed by atoms with van der Waals surface area (Å²) in [6.45, 7) is 6.40. The Morgan fingerprint density at radius 2 is 2.05 bits per heavy atom. The number of halogens is 1. The van der Waals surface area contributed by atoms with Gasteiger partial charge in [-0.2, -0.15) is 0 Å². The number of hydrogen-bond acceptors (Lipinski definition) is 3. The van der Waals surface area contributed by atoms with Crippen LogP contribution in [-0.4, -0.2) is 10.1 Å². The molecule has 0 saturated heterocycles. The Hall–Kier alpha value is -0.900. The van der Waals surface area contributed by atoms with Crippen molar-refractivity contribution >= 4 is 22.9 Å². The van der Waals surface area contributed by atoms with Crippen molar-refractivity contribution in [1.82, 2.24) is 4.98 Å². The molecule has 0 aliphatic carbocycles. The Bertz CT molecular complexity index is 572. The van der Waals surface area contributed by atoms with Crippen LogP contribution >= 0.6 is 22.9 Å². The lowest BCUT2D eigenvalue weighted by atomic mass is 9.91. The minimum absolute atomic E-state index is 0.0405. The molecule has 0 fully saturated rings. The molecule has 1 heterocycles. The van der Waals surface area contributed by atoms with Crippen LogP contribution < -0.4 is 0 Å². The molecule has 2 aromatic rings. The fourth-order valence-corrected chi connectivity index (χ4v) is 3.38. The minimum atomic E-state index is -0.0405. The highest BCUT2D eigenvalue weighted by Crippen LogP contribution is 2.30. The van der Waals surface area contributed by atoms with E-state index in [2.05, 4.69) is 20.8 Å². The topological polar surface area (TPSA) is 33.1 Å². The number of thiazole rings is 1. The first-order chi connectivity index (χ1) is 8.90. The van der Waals surface area contributed by atoms with Crippen molar-refractivity contribution in [1.29, 1.82) is 0 Å². The van der Waals surface area contributed by atoms with E-state index < -0.39 is 0 Å². The number of aliphatic hydroxyl groups excluding tert-OH is 1. The highest BCUT2D eigenvalue weighted by atomic mass is 35.5. The Morgan fingerprint density at radius 1 is 1.32 bits per heavy atom. The Labute approximate surface area is 123 Å². The van der Waals surface area contributed by atoms with Crippen LogP contribution in [0.15, 0.2) is 24.3 Å².